The number of ether oxygens (including phenoxy) is 1. The number of carbonyl (C=O) groups is 1. The van der Waals surface area contributed by atoms with Crippen LogP contribution in [0.2, 0.25) is 5.02 Å². The predicted octanol–water partition coefficient (Wildman–Crippen LogP) is 3.46. The molecule has 1 aromatic carbocycles. The molecule has 3 fully saturated rings. The first-order valence-corrected chi connectivity index (χ1v) is 8.20. The monoisotopic (exact) mass is 318 g/mol. The second-order valence-corrected chi connectivity index (χ2v) is 6.94. The van der Waals surface area contributed by atoms with Gasteiger partial charge in [-0.3, -0.25) is 0 Å². The van der Waals surface area contributed by atoms with E-state index < -0.39 is 0 Å². The second-order valence-electron chi connectivity index (χ2n) is 6.53. The third kappa shape index (κ3) is 2.31. The first kappa shape index (κ1) is 14.1. The number of hydrogen-bond donors (Lipinski definition) is 1. The van der Waals surface area contributed by atoms with Crippen molar-refractivity contribution in [3.8, 4) is 0 Å². The Balaban J connectivity index is 1.51. The lowest BCUT2D eigenvalue weighted by molar-refractivity contribution is -0.0304. The van der Waals surface area contributed by atoms with Crippen molar-refractivity contribution in [2.75, 3.05) is 26.2 Å². The standard InChI is InChI=1S/C17H19ClN2O2/c18-14-3-1-2-12-13(10-19-15(12)14)16(21)22-11-17-4-7-20(8-5-17)9-6-17/h1-3,10,19H,4-9,11H2. The highest BCUT2D eigenvalue weighted by Gasteiger charge is 2.40. The number of H-pyrrole nitrogens is 1. The average molecular weight is 319 g/mol. The lowest BCUT2D eigenvalue weighted by Crippen LogP contribution is -2.50. The molecule has 0 radical (unpaired) electrons. The van der Waals surface area contributed by atoms with Gasteiger partial charge in [0.25, 0.3) is 0 Å². The van der Waals surface area contributed by atoms with E-state index in [1.54, 1.807) is 6.20 Å². The summed E-state index contributed by atoms with van der Waals surface area (Å²) >= 11 is 6.14. The number of aromatic amines is 1. The van der Waals surface area contributed by atoms with Crippen LogP contribution in [0.15, 0.2) is 24.4 Å². The van der Waals surface area contributed by atoms with E-state index >= 15 is 0 Å². The molecule has 3 aliphatic rings. The summed E-state index contributed by atoms with van der Waals surface area (Å²) in [5, 5.41) is 1.45. The number of carbonyl (C=O) groups excluding carboxylic acids is 1. The van der Waals surface area contributed by atoms with Crippen molar-refractivity contribution in [2.45, 2.75) is 19.3 Å². The number of nitrogens with one attached hydrogen (secondary N) is 1. The van der Waals surface area contributed by atoms with Crippen molar-refractivity contribution >= 4 is 28.5 Å². The van der Waals surface area contributed by atoms with Gasteiger partial charge in [0.1, 0.15) is 0 Å². The highest BCUT2D eigenvalue weighted by molar-refractivity contribution is 6.35. The van der Waals surface area contributed by atoms with Gasteiger partial charge < -0.3 is 14.6 Å². The molecule has 0 saturated carbocycles. The van der Waals surface area contributed by atoms with Crippen LogP contribution in [0.1, 0.15) is 29.6 Å². The smallest absolute Gasteiger partial charge is 0.340 e. The fourth-order valence-electron chi connectivity index (χ4n) is 3.70. The highest BCUT2D eigenvalue weighted by Crippen LogP contribution is 2.40. The van der Waals surface area contributed by atoms with E-state index in [0.29, 0.717) is 17.2 Å². The summed E-state index contributed by atoms with van der Waals surface area (Å²) < 4.78 is 5.67. The number of esters is 1. The van der Waals surface area contributed by atoms with E-state index in [-0.39, 0.29) is 11.4 Å². The van der Waals surface area contributed by atoms with E-state index in [2.05, 4.69) is 9.88 Å². The summed E-state index contributed by atoms with van der Waals surface area (Å²) in [5.41, 5.74) is 1.57. The first-order valence-electron chi connectivity index (χ1n) is 7.82. The number of rotatable bonds is 3. The maximum absolute atomic E-state index is 12.4. The van der Waals surface area contributed by atoms with Gasteiger partial charge in [0.05, 0.1) is 22.7 Å². The Bertz CT molecular complexity index is 703. The summed E-state index contributed by atoms with van der Waals surface area (Å²) in [6.45, 7) is 3.95. The van der Waals surface area contributed by atoms with Crippen LogP contribution in [0.4, 0.5) is 0 Å². The summed E-state index contributed by atoms with van der Waals surface area (Å²) in [6, 6.07) is 5.56. The van der Waals surface area contributed by atoms with Gasteiger partial charge in [-0.05, 0) is 45.0 Å². The summed E-state index contributed by atoms with van der Waals surface area (Å²) in [6.07, 6.45) is 5.11. The minimum absolute atomic E-state index is 0.203. The van der Waals surface area contributed by atoms with Gasteiger partial charge in [-0.15, -0.1) is 0 Å². The second kappa shape index (κ2) is 5.28. The van der Waals surface area contributed by atoms with Gasteiger partial charge in [0.15, 0.2) is 0 Å². The Morgan fingerprint density at radius 2 is 2.00 bits per heavy atom. The van der Waals surface area contributed by atoms with Crippen molar-refractivity contribution in [3.63, 3.8) is 0 Å². The molecule has 0 amide bonds. The molecular weight excluding hydrogens is 300 g/mol. The van der Waals surface area contributed by atoms with Gasteiger partial charge in [0.2, 0.25) is 0 Å². The molecule has 3 saturated heterocycles. The van der Waals surface area contributed by atoms with Crippen molar-refractivity contribution < 1.29 is 9.53 Å². The Kier molecular flexibility index (Phi) is 3.39. The molecule has 4 nitrogen and oxygen atoms in total. The third-order valence-electron chi connectivity index (χ3n) is 5.27. The number of hydrogen-bond acceptors (Lipinski definition) is 3. The number of halogens is 1. The largest absolute Gasteiger partial charge is 0.461 e. The maximum Gasteiger partial charge on any atom is 0.340 e. The van der Waals surface area contributed by atoms with Gasteiger partial charge in [0, 0.05) is 17.0 Å². The molecular formula is C17H19ClN2O2. The van der Waals surface area contributed by atoms with E-state index in [0.717, 1.165) is 49.8 Å². The Hall–Kier alpha value is -1.52. The molecule has 116 valence electrons. The lowest BCUT2D eigenvalue weighted by atomic mass is 9.73. The van der Waals surface area contributed by atoms with E-state index in [4.69, 9.17) is 16.3 Å². The molecule has 0 spiro atoms. The Morgan fingerprint density at radius 1 is 1.27 bits per heavy atom. The molecule has 22 heavy (non-hydrogen) atoms. The molecule has 1 N–H and O–H groups in total. The number of nitrogens with zero attached hydrogens (tertiary/aromatic N) is 1. The van der Waals surface area contributed by atoms with Crippen LogP contribution in [0.3, 0.4) is 0 Å². The fourth-order valence-corrected chi connectivity index (χ4v) is 3.92. The fraction of sp³-hybridized carbons (Fsp3) is 0.471. The normalized spacial score (nSPS) is 27.2. The van der Waals surface area contributed by atoms with Gasteiger partial charge >= 0.3 is 5.97 Å². The molecule has 0 atom stereocenters. The van der Waals surface area contributed by atoms with Crippen LogP contribution >= 0.6 is 11.6 Å². The van der Waals surface area contributed by atoms with Crippen molar-refractivity contribution in [1.29, 1.82) is 0 Å². The molecule has 2 aromatic rings. The lowest BCUT2D eigenvalue weighted by Gasteiger charge is -2.47. The average Bonchev–Trinajstić information content (AvgIpc) is 3.00. The van der Waals surface area contributed by atoms with E-state index in [1.165, 1.54) is 0 Å². The van der Waals surface area contributed by atoms with Crippen LogP contribution in [-0.4, -0.2) is 42.1 Å². The molecule has 5 rings (SSSR count). The number of fused-ring (bicyclic) bond motifs is 4. The minimum Gasteiger partial charge on any atom is -0.461 e. The van der Waals surface area contributed by atoms with Crippen LogP contribution in [0.5, 0.6) is 0 Å². The first-order chi connectivity index (χ1) is 10.7. The molecule has 1 aromatic heterocycles. The predicted molar refractivity (Wildman–Crippen MR) is 86.3 cm³/mol. The number of aromatic nitrogens is 1. The summed E-state index contributed by atoms with van der Waals surface area (Å²) in [7, 11) is 0. The van der Waals surface area contributed by atoms with Crippen molar-refractivity contribution in [1.82, 2.24) is 9.88 Å². The zero-order valence-corrected chi connectivity index (χ0v) is 13.2. The minimum atomic E-state index is -0.254. The van der Waals surface area contributed by atoms with Crippen LogP contribution in [-0.2, 0) is 4.74 Å². The summed E-state index contributed by atoms with van der Waals surface area (Å²) in [5.74, 6) is -0.254. The SMILES string of the molecule is O=C(OCC12CCN(CC1)CC2)c1c[nH]c2c(Cl)cccc12. The van der Waals surface area contributed by atoms with Crippen LogP contribution < -0.4 is 0 Å². The van der Waals surface area contributed by atoms with Crippen molar-refractivity contribution in [3.05, 3.63) is 35.0 Å². The Morgan fingerprint density at radius 3 is 2.73 bits per heavy atom. The number of piperidine rings is 3. The molecule has 0 aliphatic carbocycles. The van der Waals surface area contributed by atoms with Crippen LogP contribution in [0, 0.1) is 5.41 Å². The van der Waals surface area contributed by atoms with E-state index in [1.807, 2.05) is 18.2 Å². The highest BCUT2D eigenvalue weighted by atomic mass is 35.5. The molecule has 3 aliphatic heterocycles. The van der Waals surface area contributed by atoms with Gasteiger partial charge in [-0.2, -0.15) is 0 Å². The number of para-hydroxylation sites is 1. The topological polar surface area (TPSA) is 45.3 Å². The van der Waals surface area contributed by atoms with E-state index in [9.17, 15) is 4.79 Å². The molecule has 5 heteroatoms. The zero-order valence-electron chi connectivity index (χ0n) is 12.4. The third-order valence-corrected chi connectivity index (χ3v) is 5.58. The van der Waals surface area contributed by atoms with Gasteiger partial charge in [-0.25, -0.2) is 4.79 Å². The van der Waals surface area contributed by atoms with Crippen LogP contribution in [0.25, 0.3) is 10.9 Å². The quantitative estimate of drug-likeness (QED) is 0.881. The maximum atomic E-state index is 12.4. The molecule has 4 heterocycles. The number of benzene rings is 1. The summed E-state index contributed by atoms with van der Waals surface area (Å²) in [4.78, 5) is 18.0. The van der Waals surface area contributed by atoms with Gasteiger partial charge in [-0.1, -0.05) is 23.7 Å². The molecule has 0 unspecified atom stereocenters. The Labute approximate surface area is 134 Å². The molecule has 2 bridgehead atoms. The van der Waals surface area contributed by atoms with Crippen molar-refractivity contribution in [2.24, 2.45) is 5.41 Å². The zero-order chi connectivity index (χ0) is 15.2.